The van der Waals surface area contributed by atoms with Gasteiger partial charge in [-0.1, -0.05) is 12.8 Å². The lowest BCUT2D eigenvalue weighted by Crippen LogP contribution is -2.43. The highest BCUT2D eigenvalue weighted by atomic mass is 16.3. The molecule has 5 heteroatoms. The molecule has 0 spiro atoms. The minimum Gasteiger partial charge on any atom is -0.396 e. The van der Waals surface area contributed by atoms with E-state index < -0.39 is 0 Å². The average molecular weight is 251 g/mol. The Morgan fingerprint density at radius 3 is 2.89 bits per heavy atom. The average Bonchev–Trinajstić information content (AvgIpc) is 2.69. The summed E-state index contributed by atoms with van der Waals surface area (Å²) in [5.41, 5.74) is 1.37. The molecule has 1 aliphatic rings. The quantitative estimate of drug-likeness (QED) is 0.842. The maximum atomic E-state index is 12.2. The number of aliphatic hydroxyl groups is 1. The van der Waals surface area contributed by atoms with Gasteiger partial charge in [-0.05, 0) is 19.8 Å². The van der Waals surface area contributed by atoms with E-state index in [-0.39, 0.29) is 24.5 Å². The number of aryl methyl sites for hydroxylation is 2. The Balaban J connectivity index is 2.04. The lowest BCUT2D eigenvalue weighted by atomic mass is 9.85. The minimum atomic E-state index is -0.0778. The van der Waals surface area contributed by atoms with Crippen LogP contribution in [0, 0.1) is 12.8 Å². The molecule has 2 atom stereocenters. The third-order valence-corrected chi connectivity index (χ3v) is 3.72. The zero-order valence-corrected chi connectivity index (χ0v) is 11.0. The van der Waals surface area contributed by atoms with E-state index in [0.717, 1.165) is 31.4 Å². The van der Waals surface area contributed by atoms with Crippen molar-refractivity contribution in [3.63, 3.8) is 0 Å². The molecule has 0 radical (unpaired) electrons. The molecule has 2 N–H and O–H groups in total. The second kappa shape index (κ2) is 5.52. The number of aromatic nitrogens is 2. The fourth-order valence-corrected chi connectivity index (χ4v) is 2.68. The monoisotopic (exact) mass is 251 g/mol. The van der Waals surface area contributed by atoms with Crippen LogP contribution in [-0.4, -0.2) is 33.4 Å². The van der Waals surface area contributed by atoms with E-state index in [1.165, 1.54) is 0 Å². The minimum absolute atomic E-state index is 0.0778. The highest BCUT2D eigenvalue weighted by molar-refractivity contribution is 5.95. The normalized spacial score (nSPS) is 23.9. The van der Waals surface area contributed by atoms with Crippen molar-refractivity contribution in [2.24, 2.45) is 13.0 Å². The summed E-state index contributed by atoms with van der Waals surface area (Å²) in [7, 11) is 1.81. The molecule has 5 nitrogen and oxygen atoms in total. The van der Waals surface area contributed by atoms with Crippen LogP contribution in [0.15, 0.2) is 6.20 Å². The second-order valence-corrected chi connectivity index (χ2v) is 5.11. The molecule has 0 aliphatic heterocycles. The summed E-state index contributed by atoms with van der Waals surface area (Å²) in [6, 6.07) is 0.0934. The first kappa shape index (κ1) is 13.1. The van der Waals surface area contributed by atoms with Crippen molar-refractivity contribution in [1.29, 1.82) is 0 Å². The molecule has 100 valence electrons. The van der Waals surface area contributed by atoms with E-state index in [1.807, 2.05) is 6.92 Å². The summed E-state index contributed by atoms with van der Waals surface area (Å²) in [6.07, 6.45) is 5.95. The summed E-state index contributed by atoms with van der Waals surface area (Å²) >= 11 is 0. The molecule has 0 bridgehead atoms. The molecule has 1 saturated carbocycles. The fourth-order valence-electron chi connectivity index (χ4n) is 2.68. The smallest absolute Gasteiger partial charge is 0.254 e. The van der Waals surface area contributed by atoms with Gasteiger partial charge in [0.2, 0.25) is 0 Å². The number of amides is 1. The molecule has 1 heterocycles. The number of rotatable bonds is 3. The van der Waals surface area contributed by atoms with Crippen molar-refractivity contribution in [3.8, 4) is 0 Å². The van der Waals surface area contributed by atoms with Gasteiger partial charge < -0.3 is 10.4 Å². The van der Waals surface area contributed by atoms with Gasteiger partial charge in [0.05, 0.1) is 11.3 Å². The highest BCUT2D eigenvalue weighted by Crippen LogP contribution is 2.24. The van der Waals surface area contributed by atoms with Crippen molar-refractivity contribution in [1.82, 2.24) is 15.1 Å². The third-order valence-electron chi connectivity index (χ3n) is 3.72. The van der Waals surface area contributed by atoms with Crippen LogP contribution in [0.1, 0.15) is 41.7 Å². The van der Waals surface area contributed by atoms with Crippen LogP contribution in [-0.2, 0) is 7.05 Å². The maximum Gasteiger partial charge on any atom is 0.254 e. The molecular formula is C13H21N3O2. The molecule has 1 fully saturated rings. The number of nitrogens with one attached hydrogen (secondary N) is 1. The van der Waals surface area contributed by atoms with Gasteiger partial charge in [-0.15, -0.1) is 0 Å². The number of nitrogens with zero attached hydrogens (tertiary/aromatic N) is 2. The number of carbonyl (C=O) groups excluding carboxylic acids is 1. The molecule has 0 saturated heterocycles. The SMILES string of the molecule is Cc1nn(C)cc1C(=O)NC1CCCCC1CO. The summed E-state index contributed by atoms with van der Waals surface area (Å²) < 4.78 is 1.65. The van der Waals surface area contributed by atoms with E-state index in [1.54, 1.807) is 17.9 Å². The van der Waals surface area contributed by atoms with E-state index >= 15 is 0 Å². The van der Waals surface area contributed by atoms with Gasteiger partial charge in [-0.25, -0.2) is 0 Å². The lowest BCUT2D eigenvalue weighted by molar-refractivity contribution is 0.0872. The van der Waals surface area contributed by atoms with E-state index in [0.29, 0.717) is 5.56 Å². The number of carbonyl (C=O) groups is 1. The molecule has 18 heavy (non-hydrogen) atoms. The Kier molecular flexibility index (Phi) is 4.01. The number of aliphatic hydroxyl groups excluding tert-OH is 1. The van der Waals surface area contributed by atoms with Crippen molar-refractivity contribution >= 4 is 5.91 Å². The summed E-state index contributed by atoms with van der Waals surface area (Å²) in [4.78, 5) is 12.2. The van der Waals surface area contributed by atoms with Crippen molar-refractivity contribution in [2.45, 2.75) is 38.6 Å². The van der Waals surface area contributed by atoms with Crippen LogP contribution in [0.5, 0.6) is 0 Å². The van der Waals surface area contributed by atoms with E-state index in [2.05, 4.69) is 10.4 Å². The van der Waals surface area contributed by atoms with Crippen LogP contribution < -0.4 is 5.32 Å². The Bertz CT molecular complexity index is 428. The van der Waals surface area contributed by atoms with Crippen molar-refractivity contribution < 1.29 is 9.90 Å². The molecule has 1 aliphatic carbocycles. The van der Waals surface area contributed by atoms with E-state index in [9.17, 15) is 9.90 Å². The molecule has 1 aromatic rings. The predicted molar refractivity (Wildman–Crippen MR) is 68.2 cm³/mol. The third kappa shape index (κ3) is 2.72. The van der Waals surface area contributed by atoms with Crippen LogP contribution in [0.2, 0.25) is 0 Å². The number of hydrogen-bond acceptors (Lipinski definition) is 3. The zero-order chi connectivity index (χ0) is 13.1. The topological polar surface area (TPSA) is 67.2 Å². The van der Waals surface area contributed by atoms with Gasteiger partial charge in [-0.2, -0.15) is 5.10 Å². The van der Waals surface area contributed by atoms with Gasteiger partial charge in [0.25, 0.3) is 5.91 Å². The highest BCUT2D eigenvalue weighted by Gasteiger charge is 2.26. The Morgan fingerprint density at radius 2 is 2.28 bits per heavy atom. The number of hydrogen-bond donors (Lipinski definition) is 2. The Morgan fingerprint density at radius 1 is 1.56 bits per heavy atom. The first-order chi connectivity index (χ1) is 8.61. The first-order valence-electron chi connectivity index (χ1n) is 6.53. The molecule has 2 unspecified atom stereocenters. The first-order valence-corrected chi connectivity index (χ1v) is 6.53. The Labute approximate surface area is 107 Å². The summed E-state index contributed by atoms with van der Waals surface area (Å²) in [5.74, 6) is 0.116. The van der Waals surface area contributed by atoms with Crippen LogP contribution in [0.3, 0.4) is 0 Å². The van der Waals surface area contributed by atoms with Gasteiger partial charge in [0.15, 0.2) is 0 Å². The molecule has 0 aromatic carbocycles. The van der Waals surface area contributed by atoms with Gasteiger partial charge >= 0.3 is 0 Å². The van der Waals surface area contributed by atoms with Gasteiger partial charge in [-0.3, -0.25) is 9.48 Å². The molecule has 2 rings (SSSR count). The second-order valence-electron chi connectivity index (χ2n) is 5.11. The van der Waals surface area contributed by atoms with Crippen molar-refractivity contribution in [2.75, 3.05) is 6.61 Å². The standard InChI is InChI=1S/C13H21N3O2/c1-9-11(7-16(2)15-9)13(18)14-12-6-4-3-5-10(12)8-17/h7,10,12,17H,3-6,8H2,1-2H3,(H,14,18). The molecule has 1 amide bonds. The predicted octanol–water partition coefficient (Wildman–Crippen LogP) is 1.01. The van der Waals surface area contributed by atoms with Crippen molar-refractivity contribution in [3.05, 3.63) is 17.5 Å². The maximum absolute atomic E-state index is 12.2. The summed E-state index contributed by atoms with van der Waals surface area (Å²) in [5, 5.41) is 16.5. The summed E-state index contributed by atoms with van der Waals surface area (Å²) in [6.45, 7) is 1.98. The van der Waals surface area contributed by atoms with Crippen LogP contribution >= 0.6 is 0 Å². The van der Waals surface area contributed by atoms with E-state index in [4.69, 9.17) is 0 Å². The van der Waals surface area contributed by atoms with Gasteiger partial charge in [0, 0.05) is 31.8 Å². The molecular weight excluding hydrogens is 230 g/mol. The van der Waals surface area contributed by atoms with Crippen LogP contribution in [0.4, 0.5) is 0 Å². The largest absolute Gasteiger partial charge is 0.396 e. The lowest BCUT2D eigenvalue weighted by Gasteiger charge is -2.30. The van der Waals surface area contributed by atoms with Crippen LogP contribution in [0.25, 0.3) is 0 Å². The Hall–Kier alpha value is -1.36. The fraction of sp³-hybridized carbons (Fsp3) is 0.692. The van der Waals surface area contributed by atoms with Gasteiger partial charge in [0.1, 0.15) is 0 Å². The molecule has 1 aromatic heterocycles. The zero-order valence-electron chi connectivity index (χ0n) is 11.0.